The number of carbonyl (C=O) groups excluding carboxylic acids is 2. The summed E-state index contributed by atoms with van der Waals surface area (Å²) in [7, 11) is -4.67. The number of hydrogen-bond acceptors (Lipinski definition) is 8. The summed E-state index contributed by atoms with van der Waals surface area (Å²) in [5, 5.41) is 22.4. The summed E-state index contributed by atoms with van der Waals surface area (Å²) in [6.45, 7) is 4.00. The third kappa shape index (κ3) is 8.20. The average molecular weight is 585 g/mol. The number of ether oxygens (including phenoxy) is 2. The Hall–Kier alpha value is -3.20. The molecular weight excluding hydrogens is 565 g/mol. The summed E-state index contributed by atoms with van der Waals surface area (Å²) in [6.07, 6.45) is -5.22. The lowest BCUT2D eigenvalue weighted by atomic mass is 10.1. The highest BCUT2D eigenvalue weighted by Gasteiger charge is 2.33. The van der Waals surface area contributed by atoms with E-state index in [0.29, 0.717) is 12.1 Å². The van der Waals surface area contributed by atoms with Crippen LogP contribution < -0.4 is 14.8 Å². The first kappa shape index (κ1) is 28.0. The van der Waals surface area contributed by atoms with Gasteiger partial charge in [0.1, 0.15) is 28.5 Å². The molecule has 1 amide bonds. The Kier molecular flexibility index (Phi) is 8.17. The van der Waals surface area contributed by atoms with Crippen LogP contribution in [0.3, 0.4) is 0 Å². The lowest BCUT2D eigenvalue weighted by Crippen LogP contribution is -2.34. The summed E-state index contributed by atoms with van der Waals surface area (Å²) in [5.74, 6) is -4.92. The first-order valence-electron chi connectivity index (χ1n) is 9.52. The lowest BCUT2D eigenvalue weighted by Gasteiger charge is -2.20. The molecule has 0 saturated carbocycles. The highest BCUT2D eigenvalue weighted by Crippen LogP contribution is 2.37. The maximum absolute atomic E-state index is 12.8. The minimum absolute atomic E-state index is 0.247. The summed E-state index contributed by atoms with van der Waals surface area (Å²) in [5.41, 5.74) is -2.59. The molecule has 0 bridgehead atoms. The summed E-state index contributed by atoms with van der Waals surface area (Å²) in [4.78, 5) is 23.6. The average Bonchev–Trinajstić information content (AvgIpc) is 2.67. The van der Waals surface area contributed by atoms with E-state index in [9.17, 15) is 41.4 Å². The molecule has 0 radical (unpaired) electrons. The molecule has 2 rings (SSSR count). The van der Waals surface area contributed by atoms with Gasteiger partial charge in [-0.15, -0.1) is 13.2 Å². The van der Waals surface area contributed by atoms with E-state index in [1.807, 2.05) is 4.72 Å². The fraction of sp³-hybridized carbons (Fsp3) is 0.300. The molecule has 0 unspecified atom stereocenters. The van der Waals surface area contributed by atoms with Crippen molar-refractivity contribution in [1.82, 2.24) is 5.32 Å². The number of anilines is 1. The Balaban J connectivity index is 2.45. The van der Waals surface area contributed by atoms with Crippen LogP contribution in [0.4, 0.5) is 18.9 Å². The number of rotatable bonds is 7. The fourth-order valence-electron chi connectivity index (χ4n) is 2.58. The van der Waals surface area contributed by atoms with Crippen LogP contribution in [0, 0.1) is 0 Å². The highest BCUT2D eigenvalue weighted by molar-refractivity contribution is 9.10. The normalized spacial score (nSPS) is 12.1. The molecule has 15 heteroatoms. The standard InChI is InChI=1S/C20H20BrF3N2O8S/c1-19(2,3)34-16(28)9-25-18(30)12-7-11(33-20(22,23)24)8-13(17(12)29)26-35(31,32)15-6-10(21)4-5-14(15)27/h4-8,26-27,29H,9H2,1-3H3,(H,25,30). The van der Waals surface area contributed by atoms with Crippen LogP contribution >= 0.6 is 15.9 Å². The van der Waals surface area contributed by atoms with E-state index in [0.717, 1.165) is 12.1 Å². The van der Waals surface area contributed by atoms with Gasteiger partial charge in [-0.05, 0) is 45.0 Å². The summed E-state index contributed by atoms with van der Waals surface area (Å²) >= 11 is 3.02. The molecule has 0 spiro atoms. The second kappa shape index (κ2) is 10.2. The van der Waals surface area contributed by atoms with Gasteiger partial charge in [0.25, 0.3) is 15.9 Å². The predicted molar refractivity (Wildman–Crippen MR) is 120 cm³/mol. The van der Waals surface area contributed by atoms with Crippen LogP contribution in [-0.4, -0.2) is 49.0 Å². The van der Waals surface area contributed by atoms with Gasteiger partial charge in [-0.1, -0.05) is 15.9 Å². The zero-order valence-corrected chi connectivity index (χ0v) is 20.8. The molecule has 0 saturated heterocycles. The smallest absolute Gasteiger partial charge is 0.507 e. The van der Waals surface area contributed by atoms with Crippen molar-refractivity contribution in [1.29, 1.82) is 0 Å². The number of esters is 1. The Labute approximate surface area is 206 Å². The monoisotopic (exact) mass is 584 g/mol. The molecule has 4 N–H and O–H groups in total. The highest BCUT2D eigenvalue weighted by atomic mass is 79.9. The maximum Gasteiger partial charge on any atom is 0.573 e. The lowest BCUT2D eigenvalue weighted by molar-refractivity contribution is -0.274. The number of benzene rings is 2. The van der Waals surface area contributed by atoms with E-state index >= 15 is 0 Å². The molecule has 35 heavy (non-hydrogen) atoms. The Morgan fingerprint density at radius 1 is 1.09 bits per heavy atom. The quantitative estimate of drug-likeness (QED) is 0.284. The van der Waals surface area contributed by atoms with Gasteiger partial charge in [0.05, 0.1) is 11.3 Å². The number of sulfonamides is 1. The number of halogens is 4. The van der Waals surface area contributed by atoms with Crippen molar-refractivity contribution < 1.29 is 50.9 Å². The van der Waals surface area contributed by atoms with Crippen LogP contribution in [0.25, 0.3) is 0 Å². The Morgan fingerprint density at radius 2 is 1.71 bits per heavy atom. The fourth-order valence-corrected chi connectivity index (χ4v) is 4.27. The van der Waals surface area contributed by atoms with Gasteiger partial charge in [0.2, 0.25) is 0 Å². The number of carbonyl (C=O) groups is 2. The number of hydrogen-bond donors (Lipinski definition) is 4. The molecule has 0 aliphatic rings. The molecule has 0 atom stereocenters. The number of alkyl halides is 3. The van der Waals surface area contributed by atoms with Gasteiger partial charge in [-0.2, -0.15) is 0 Å². The van der Waals surface area contributed by atoms with Crippen molar-refractivity contribution in [2.24, 2.45) is 0 Å². The predicted octanol–water partition coefficient (Wildman–Crippen LogP) is 3.63. The van der Waals surface area contributed by atoms with Gasteiger partial charge < -0.3 is 25.0 Å². The molecule has 192 valence electrons. The van der Waals surface area contributed by atoms with Gasteiger partial charge in [-0.3, -0.25) is 14.3 Å². The molecule has 0 aliphatic carbocycles. The van der Waals surface area contributed by atoms with Crippen molar-refractivity contribution in [2.45, 2.75) is 37.6 Å². The van der Waals surface area contributed by atoms with Crippen molar-refractivity contribution >= 4 is 43.5 Å². The van der Waals surface area contributed by atoms with Gasteiger partial charge in [-0.25, -0.2) is 8.42 Å². The van der Waals surface area contributed by atoms with E-state index in [2.05, 4.69) is 26.0 Å². The third-order valence-electron chi connectivity index (χ3n) is 3.83. The van der Waals surface area contributed by atoms with Gasteiger partial charge >= 0.3 is 12.3 Å². The van der Waals surface area contributed by atoms with Crippen LogP contribution in [0.5, 0.6) is 17.2 Å². The van der Waals surface area contributed by atoms with Crippen LogP contribution in [0.2, 0.25) is 0 Å². The molecule has 10 nitrogen and oxygen atoms in total. The topological polar surface area (TPSA) is 151 Å². The molecule has 0 aromatic heterocycles. The molecular formula is C20H20BrF3N2O8S. The number of nitrogens with one attached hydrogen (secondary N) is 2. The second-order valence-electron chi connectivity index (χ2n) is 7.90. The van der Waals surface area contributed by atoms with Crippen molar-refractivity contribution in [3.63, 3.8) is 0 Å². The van der Waals surface area contributed by atoms with Crippen LogP contribution in [-0.2, 0) is 19.6 Å². The van der Waals surface area contributed by atoms with Crippen LogP contribution in [0.1, 0.15) is 31.1 Å². The van der Waals surface area contributed by atoms with E-state index in [1.165, 1.54) is 6.07 Å². The summed E-state index contributed by atoms with van der Waals surface area (Å²) in [6, 6.07) is 4.36. The van der Waals surface area contributed by atoms with Gasteiger partial charge in [0.15, 0.2) is 5.75 Å². The largest absolute Gasteiger partial charge is 0.573 e. The molecule has 2 aromatic carbocycles. The molecule has 0 aliphatic heterocycles. The molecule has 0 heterocycles. The number of phenolic OH excluding ortho intramolecular Hbond substituents is 2. The van der Waals surface area contributed by atoms with E-state index in [-0.39, 0.29) is 4.47 Å². The molecule has 2 aromatic rings. The van der Waals surface area contributed by atoms with E-state index < -0.39 is 73.8 Å². The zero-order chi connectivity index (χ0) is 26.8. The Morgan fingerprint density at radius 3 is 2.29 bits per heavy atom. The first-order valence-corrected chi connectivity index (χ1v) is 11.8. The van der Waals surface area contributed by atoms with Crippen molar-refractivity contribution in [3.05, 3.63) is 40.4 Å². The van der Waals surface area contributed by atoms with Crippen molar-refractivity contribution in [2.75, 3.05) is 11.3 Å². The number of amides is 1. The molecule has 0 fully saturated rings. The van der Waals surface area contributed by atoms with Crippen molar-refractivity contribution in [3.8, 4) is 17.2 Å². The minimum Gasteiger partial charge on any atom is -0.507 e. The SMILES string of the molecule is CC(C)(C)OC(=O)CNC(=O)c1cc(OC(F)(F)F)cc(NS(=O)(=O)c2cc(Br)ccc2O)c1O. The maximum atomic E-state index is 12.8. The second-order valence-corrected chi connectivity index (χ2v) is 10.5. The minimum atomic E-state index is -5.22. The Bertz CT molecular complexity index is 1240. The zero-order valence-electron chi connectivity index (χ0n) is 18.4. The number of phenols is 2. The summed E-state index contributed by atoms with van der Waals surface area (Å²) < 4.78 is 74.7. The van der Waals surface area contributed by atoms with E-state index in [4.69, 9.17) is 4.74 Å². The first-order chi connectivity index (χ1) is 15.9. The van der Waals surface area contributed by atoms with Gasteiger partial charge in [0, 0.05) is 10.5 Å². The van der Waals surface area contributed by atoms with E-state index in [1.54, 1.807) is 20.8 Å². The van der Waals surface area contributed by atoms with Crippen LogP contribution in [0.15, 0.2) is 39.7 Å². The third-order valence-corrected chi connectivity index (χ3v) is 5.72. The number of aromatic hydroxyl groups is 2.